The van der Waals surface area contributed by atoms with Crippen LogP contribution in [0.2, 0.25) is 0 Å². The number of carbonyl (C=O) groups is 2. The van der Waals surface area contributed by atoms with Crippen molar-refractivity contribution < 1.29 is 9.59 Å². The predicted octanol–water partition coefficient (Wildman–Crippen LogP) is 0.404. The van der Waals surface area contributed by atoms with E-state index in [1.807, 2.05) is 24.3 Å². The molecule has 1 aromatic heterocycles. The molecule has 0 unspecified atom stereocenters. The Morgan fingerprint density at radius 3 is 2.60 bits per heavy atom. The Balaban J connectivity index is 1.88. The molecule has 0 bridgehead atoms. The van der Waals surface area contributed by atoms with Gasteiger partial charge in [-0.05, 0) is 23.3 Å². The molecule has 0 aliphatic heterocycles. The minimum Gasteiger partial charge on any atom is -0.354 e. The zero-order valence-corrected chi connectivity index (χ0v) is 13.8. The fourth-order valence-corrected chi connectivity index (χ4v) is 2.25. The van der Waals surface area contributed by atoms with Gasteiger partial charge in [-0.25, -0.2) is 4.68 Å². The first-order chi connectivity index (χ1) is 12.1. The quantitative estimate of drug-likeness (QED) is 0.681. The van der Waals surface area contributed by atoms with Crippen LogP contribution in [-0.4, -0.2) is 28.1 Å². The van der Waals surface area contributed by atoms with Crippen LogP contribution >= 0.6 is 0 Å². The summed E-state index contributed by atoms with van der Waals surface area (Å²) < 4.78 is 1.29. The highest BCUT2D eigenvalue weighted by molar-refractivity contribution is 5.86. The fraction of sp³-hybridized carbons (Fsp3) is 0.222. The van der Waals surface area contributed by atoms with Crippen LogP contribution in [0, 0.1) is 0 Å². The normalized spacial score (nSPS) is 10.1. The molecule has 0 radical (unpaired) electrons. The lowest BCUT2D eigenvalue weighted by atomic mass is 10.0. The Bertz CT molecular complexity index is 814. The van der Waals surface area contributed by atoms with E-state index in [4.69, 9.17) is 0 Å². The molecule has 1 heterocycles. The minimum absolute atomic E-state index is 0.161. The van der Waals surface area contributed by atoms with Gasteiger partial charge < -0.3 is 10.6 Å². The van der Waals surface area contributed by atoms with E-state index in [2.05, 4.69) is 22.3 Å². The van der Waals surface area contributed by atoms with Crippen LogP contribution in [-0.2, 0) is 29.1 Å². The van der Waals surface area contributed by atoms with Gasteiger partial charge in [0.15, 0.2) is 0 Å². The van der Waals surface area contributed by atoms with Gasteiger partial charge in [-0.1, -0.05) is 30.8 Å². The lowest BCUT2D eigenvalue weighted by molar-refractivity contribution is -0.120. The van der Waals surface area contributed by atoms with Crippen LogP contribution in [0.15, 0.2) is 60.0 Å². The monoisotopic (exact) mass is 340 g/mol. The third kappa shape index (κ3) is 5.72. The summed E-state index contributed by atoms with van der Waals surface area (Å²) >= 11 is 0. The molecule has 0 saturated heterocycles. The first-order valence-corrected chi connectivity index (χ1v) is 7.86. The molecule has 25 heavy (non-hydrogen) atoms. The average molecular weight is 340 g/mol. The topological polar surface area (TPSA) is 93.1 Å². The van der Waals surface area contributed by atoms with Crippen LogP contribution in [0.1, 0.15) is 11.1 Å². The molecule has 1 aromatic carbocycles. The molecule has 2 amide bonds. The second-order valence-corrected chi connectivity index (χ2v) is 5.30. The Morgan fingerprint density at radius 2 is 1.88 bits per heavy atom. The molecule has 0 atom stereocenters. The van der Waals surface area contributed by atoms with E-state index in [1.54, 1.807) is 6.07 Å². The number of benzene rings is 1. The standard InChI is InChI=1S/C18H20N4O3/c1-2-16(23)20-13-15-7-4-3-6-14(15)12-17(24)19-10-11-22-18(25)8-5-9-21-22/h2-9H,1,10-13H2,(H,19,24)(H,20,23). The molecule has 7 heteroatoms. The van der Waals surface area contributed by atoms with Crippen molar-refractivity contribution in [1.82, 2.24) is 20.4 Å². The summed E-state index contributed by atoms with van der Waals surface area (Å²) in [5.74, 6) is -0.425. The van der Waals surface area contributed by atoms with Crippen LogP contribution < -0.4 is 16.2 Å². The van der Waals surface area contributed by atoms with Crippen molar-refractivity contribution in [2.24, 2.45) is 0 Å². The summed E-state index contributed by atoms with van der Waals surface area (Å²) in [6, 6.07) is 10.4. The highest BCUT2D eigenvalue weighted by Crippen LogP contribution is 2.09. The number of hydrogen-bond donors (Lipinski definition) is 2. The van der Waals surface area contributed by atoms with Gasteiger partial charge >= 0.3 is 0 Å². The smallest absolute Gasteiger partial charge is 0.266 e. The number of nitrogens with one attached hydrogen (secondary N) is 2. The van der Waals surface area contributed by atoms with Crippen molar-refractivity contribution in [3.8, 4) is 0 Å². The van der Waals surface area contributed by atoms with E-state index in [9.17, 15) is 14.4 Å². The predicted molar refractivity (Wildman–Crippen MR) is 93.7 cm³/mol. The third-order valence-electron chi connectivity index (χ3n) is 3.54. The second kappa shape index (κ2) is 9.17. The van der Waals surface area contributed by atoms with Gasteiger partial charge in [0, 0.05) is 25.4 Å². The van der Waals surface area contributed by atoms with Crippen molar-refractivity contribution in [2.45, 2.75) is 19.5 Å². The summed E-state index contributed by atoms with van der Waals surface area (Å²) in [5, 5.41) is 9.39. The molecule has 2 N–H and O–H groups in total. The molecule has 0 saturated carbocycles. The lowest BCUT2D eigenvalue weighted by Crippen LogP contribution is -2.32. The van der Waals surface area contributed by atoms with Crippen LogP contribution in [0.3, 0.4) is 0 Å². The lowest BCUT2D eigenvalue weighted by Gasteiger charge is -2.11. The van der Waals surface area contributed by atoms with Crippen LogP contribution in [0.5, 0.6) is 0 Å². The van der Waals surface area contributed by atoms with Gasteiger partial charge in [-0.3, -0.25) is 14.4 Å². The number of aromatic nitrogens is 2. The number of amides is 2. The third-order valence-corrected chi connectivity index (χ3v) is 3.54. The molecule has 0 fully saturated rings. The Kier molecular flexibility index (Phi) is 6.65. The van der Waals surface area contributed by atoms with Gasteiger partial charge in [0.1, 0.15) is 0 Å². The van der Waals surface area contributed by atoms with E-state index in [0.717, 1.165) is 11.1 Å². The van der Waals surface area contributed by atoms with Crippen molar-refractivity contribution in [1.29, 1.82) is 0 Å². The van der Waals surface area contributed by atoms with Crippen LogP contribution in [0.4, 0.5) is 0 Å². The summed E-state index contributed by atoms with van der Waals surface area (Å²) in [6.45, 7) is 4.35. The Labute approximate surface area is 145 Å². The SMILES string of the molecule is C=CC(=O)NCc1ccccc1CC(=O)NCCn1ncccc1=O. The fourth-order valence-electron chi connectivity index (χ4n) is 2.25. The maximum atomic E-state index is 12.1. The number of hydrogen-bond acceptors (Lipinski definition) is 4. The van der Waals surface area contributed by atoms with Crippen molar-refractivity contribution >= 4 is 11.8 Å². The summed E-state index contributed by atoms with van der Waals surface area (Å²) in [5.41, 5.74) is 1.49. The minimum atomic E-state index is -0.264. The zero-order chi connectivity index (χ0) is 18.1. The largest absolute Gasteiger partial charge is 0.354 e. The Morgan fingerprint density at radius 1 is 1.12 bits per heavy atom. The van der Waals surface area contributed by atoms with E-state index in [-0.39, 0.29) is 23.8 Å². The van der Waals surface area contributed by atoms with Crippen molar-refractivity contribution in [3.63, 3.8) is 0 Å². The van der Waals surface area contributed by atoms with Crippen molar-refractivity contribution in [3.05, 3.63) is 76.7 Å². The summed E-state index contributed by atoms with van der Waals surface area (Å²) in [7, 11) is 0. The average Bonchev–Trinajstić information content (AvgIpc) is 2.62. The summed E-state index contributed by atoms with van der Waals surface area (Å²) in [6.07, 6.45) is 2.92. The zero-order valence-electron chi connectivity index (χ0n) is 13.8. The molecular weight excluding hydrogens is 320 g/mol. The first-order valence-electron chi connectivity index (χ1n) is 7.86. The number of rotatable bonds is 8. The molecule has 2 rings (SSSR count). The molecular formula is C18H20N4O3. The van der Waals surface area contributed by atoms with Gasteiger partial charge in [0.2, 0.25) is 11.8 Å². The number of carbonyl (C=O) groups excluding carboxylic acids is 2. The van der Waals surface area contributed by atoms with E-state index < -0.39 is 0 Å². The molecule has 0 spiro atoms. The maximum Gasteiger partial charge on any atom is 0.266 e. The van der Waals surface area contributed by atoms with Crippen molar-refractivity contribution in [2.75, 3.05) is 6.54 Å². The van der Waals surface area contributed by atoms with E-state index in [0.29, 0.717) is 19.6 Å². The molecule has 7 nitrogen and oxygen atoms in total. The number of nitrogens with zero attached hydrogens (tertiary/aromatic N) is 2. The molecule has 130 valence electrons. The van der Waals surface area contributed by atoms with E-state index >= 15 is 0 Å². The van der Waals surface area contributed by atoms with Gasteiger partial charge in [0.25, 0.3) is 5.56 Å². The summed E-state index contributed by atoms with van der Waals surface area (Å²) in [4.78, 5) is 34.9. The van der Waals surface area contributed by atoms with Crippen LogP contribution in [0.25, 0.3) is 0 Å². The molecule has 2 aromatic rings. The van der Waals surface area contributed by atoms with Gasteiger partial charge in [-0.2, -0.15) is 5.10 Å². The second-order valence-electron chi connectivity index (χ2n) is 5.30. The molecule has 0 aliphatic carbocycles. The first kappa shape index (κ1) is 18.1. The van der Waals surface area contributed by atoms with Gasteiger partial charge in [-0.15, -0.1) is 0 Å². The maximum absolute atomic E-state index is 12.1. The van der Waals surface area contributed by atoms with E-state index in [1.165, 1.54) is 23.0 Å². The van der Waals surface area contributed by atoms with Gasteiger partial charge in [0.05, 0.1) is 13.0 Å². The molecule has 0 aliphatic rings. The highest BCUT2D eigenvalue weighted by atomic mass is 16.2. The highest BCUT2D eigenvalue weighted by Gasteiger charge is 2.08. The Hall–Kier alpha value is -3.22.